The zero-order valence-electron chi connectivity index (χ0n) is 5.41. The maximum absolute atomic E-state index is 9.73. The monoisotopic (exact) mass is 133 g/mol. The second kappa shape index (κ2) is 4.26. The lowest BCUT2D eigenvalue weighted by Crippen LogP contribution is -2.18. The topological polar surface area (TPSA) is 63.4 Å². The highest BCUT2D eigenvalue weighted by molar-refractivity contribution is 4.49. The van der Waals surface area contributed by atoms with E-state index in [2.05, 4.69) is 0 Å². The zero-order valence-corrected chi connectivity index (χ0v) is 5.41. The van der Waals surface area contributed by atoms with Gasteiger partial charge in [0.25, 0.3) is 0 Å². The molecule has 0 radical (unpaired) electrons. The smallest absolute Gasteiger partial charge is 0.229 e. The van der Waals surface area contributed by atoms with Crippen LogP contribution in [0, 0.1) is 10.1 Å². The van der Waals surface area contributed by atoms with Crippen LogP contribution in [-0.4, -0.2) is 22.7 Å². The zero-order chi connectivity index (χ0) is 7.28. The Labute approximate surface area is 53.6 Å². The van der Waals surface area contributed by atoms with Crippen LogP contribution in [0.5, 0.6) is 0 Å². The molecule has 0 amide bonds. The van der Waals surface area contributed by atoms with Crippen molar-refractivity contribution in [3.63, 3.8) is 0 Å². The lowest BCUT2D eigenvalue weighted by molar-refractivity contribution is -0.490. The molecule has 0 heterocycles. The molecule has 0 fully saturated rings. The van der Waals surface area contributed by atoms with E-state index in [1.807, 2.05) is 6.92 Å². The second-order valence-electron chi connectivity index (χ2n) is 1.96. The fraction of sp³-hybridized carbons (Fsp3) is 1.00. The minimum absolute atomic E-state index is 0.326. The van der Waals surface area contributed by atoms with Gasteiger partial charge < -0.3 is 5.11 Å². The van der Waals surface area contributed by atoms with Gasteiger partial charge in [0.05, 0.1) is 0 Å². The molecule has 0 aromatic rings. The molecule has 4 nitrogen and oxygen atoms in total. The largest absolute Gasteiger partial charge is 0.386 e. The molecule has 0 bridgehead atoms. The van der Waals surface area contributed by atoms with Crippen LogP contribution in [-0.2, 0) is 0 Å². The van der Waals surface area contributed by atoms with Crippen LogP contribution < -0.4 is 0 Å². The number of hydrogen-bond donors (Lipinski definition) is 1. The predicted octanol–water partition coefficient (Wildman–Crippen LogP) is 0.424. The third-order valence-corrected chi connectivity index (χ3v) is 0.982. The van der Waals surface area contributed by atoms with Crippen molar-refractivity contribution >= 4 is 0 Å². The quantitative estimate of drug-likeness (QED) is 0.446. The molecule has 0 unspecified atom stereocenters. The van der Waals surface area contributed by atoms with Gasteiger partial charge in [-0.05, 0) is 6.42 Å². The summed E-state index contributed by atoms with van der Waals surface area (Å²) in [5.41, 5.74) is 0. The van der Waals surface area contributed by atoms with E-state index in [0.717, 1.165) is 6.42 Å². The number of aliphatic hydroxyl groups is 1. The molecular weight excluding hydrogens is 122 g/mol. The molecule has 4 heteroatoms. The van der Waals surface area contributed by atoms with Crippen molar-refractivity contribution < 1.29 is 10.0 Å². The Balaban J connectivity index is 3.26. The van der Waals surface area contributed by atoms with Crippen LogP contribution in [0.2, 0.25) is 0 Å². The molecule has 0 rings (SSSR count). The van der Waals surface area contributed by atoms with Crippen LogP contribution in [0.25, 0.3) is 0 Å². The van der Waals surface area contributed by atoms with Crippen molar-refractivity contribution in [3.05, 3.63) is 10.1 Å². The molecule has 0 saturated carbocycles. The summed E-state index contributed by atoms with van der Waals surface area (Å²) in [5.74, 6) is 0. The number of rotatable bonds is 4. The highest BCUT2D eigenvalue weighted by Crippen LogP contribution is 1.94. The van der Waals surface area contributed by atoms with E-state index in [0.29, 0.717) is 6.42 Å². The van der Waals surface area contributed by atoms with Crippen molar-refractivity contribution in [1.82, 2.24) is 0 Å². The van der Waals surface area contributed by atoms with Crippen molar-refractivity contribution in [2.45, 2.75) is 25.9 Å². The third-order valence-electron chi connectivity index (χ3n) is 0.982. The molecule has 9 heavy (non-hydrogen) atoms. The summed E-state index contributed by atoms with van der Waals surface area (Å²) >= 11 is 0. The summed E-state index contributed by atoms with van der Waals surface area (Å²) in [5, 5.41) is 18.5. The Morgan fingerprint density at radius 1 is 1.78 bits per heavy atom. The molecular formula is C5H11NO3. The van der Waals surface area contributed by atoms with Crippen LogP contribution in [0.4, 0.5) is 0 Å². The lowest BCUT2D eigenvalue weighted by atomic mass is 10.2. The fourth-order valence-electron chi connectivity index (χ4n) is 0.597. The number of nitro groups is 1. The van der Waals surface area contributed by atoms with Crippen LogP contribution in [0.3, 0.4) is 0 Å². The van der Waals surface area contributed by atoms with Gasteiger partial charge in [-0.15, -0.1) is 0 Å². The molecule has 0 aromatic carbocycles. The molecule has 0 saturated heterocycles. The van der Waals surface area contributed by atoms with Crippen molar-refractivity contribution in [3.8, 4) is 0 Å². The molecule has 54 valence electrons. The highest BCUT2D eigenvalue weighted by Gasteiger charge is 2.08. The van der Waals surface area contributed by atoms with Crippen LogP contribution in [0.1, 0.15) is 19.8 Å². The molecule has 0 aromatic heterocycles. The second-order valence-corrected chi connectivity index (χ2v) is 1.96. The number of nitrogens with zero attached hydrogens (tertiary/aromatic N) is 1. The Hall–Kier alpha value is -0.640. The van der Waals surface area contributed by atoms with Gasteiger partial charge in [0.15, 0.2) is 0 Å². The first-order valence-electron chi connectivity index (χ1n) is 2.96. The summed E-state index contributed by atoms with van der Waals surface area (Å²) in [6.07, 6.45) is 0.542. The van der Waals surface area contributed by atoms with E-state index < -0.39 is 11.0 Å². The minimum Gasteiger partial charge on any atom is -0.386 e. The van der Waals surface area contributed by atoms with E-state index in [1.54, 1.807) is 0 Å². The molecule has 0 spiro atoms. The van der Waals surface area contributed by atoms with E-state index in [9.17, 15) is 10.1 Å². The van der Waals surface area contributed by atoms with Gasteiger partial charge in [0.2, 0.25) is 6.54 Å². The van der Waals surface area contributed by atoms with E-state index in [1.165, 1.54) is 0 Å². The molecule has 1 atom stereocenters. The van der Waals surface area contributed by atoms with Gasteiger partial charge in [0, 0.05) is 4.92 Å². The standard InChI is InChI=1S/C5H11NO3/c1-2-3-5(7)4-6(8)9/h5,7H,2-4H2,1H3/t5-/m1/s1. The van der Waals surface area contributed by atoms with Crippen molar-refractivity contribution in [2.75, 3.05) is 6.54 Å². The number of hydrogen-bond acceptors (Lipinski definition) is 3. The maximum Gasteiger partial charge on any atom is 0.229 e. The SMILES string of the molecule is CCC[C@@H](O)C[N+](=O)[O-]. The third kappa shape index (κ3) is 5.23. The Morgan fingerprint density at radius 2 is 2.33 bits per heavy atom. The van der Waals surface area contributed by atoms with Crippen LogP contribution >= 0.6 is 0 Å². The van der Waals surface area contributed by atoms with Gasteiger partial charge in [-0.3, -0.25) is 10.1 Å². The Bertz CT molecular complexity index is 94.2. The number of aliphatic hydroxyl groups excluding tert-OH is 1. The summed E-state index contributed by atoms with van der Waals surface area (Å²) in [6, 6.07) is 0. The summed E-state index contributed by atoms with van der Waals surface area (Å²) < 4.78 is 0. The predicted molar refractivity (Wildman–Crippen MR) is 32.8 cm³/mol. The average Bonchev–Trinajstić information content (AvgIpc) is 1.63. The molecule has 1 N–H and O–H groups in total. The fourth-order valence-corrected chi connectivity index (χ4v) is 0.597. The summed E-state index contributed by atoms with van der Waals surface area (Å²) in [7, 11) is 0. The first kappa shape index (κ1) is 8.36. The summed E-state index contributed by atoms with van der Waals surface area (Å²) in [4.78, 5) is 9.23. The lowest BCUT2D eigenvalue weighted by Gasteiger charge is -2.00. The summed E-state index contributed by atoms with van der Waals surface area (Å²) in [6.45, 7) is 1.55. The Morgan fingerprint density at radius 3 is 2.67 bits per heavy atom. The van der Waals surface area contributed by atoms with Gasteiger partial charge in [-0.2, -0.15) is 0 Å². The van der Waals surface area contributed by atoms with Gasteiger partial charge in [-0.1, -0.05) is 13.3 Å². The normalized spacial score (nSPS) is 13.1. The first-order chi connectivity index (χ1) is 4.16. The van der Waals surface area contributed by atoms with Gasteiger partial charge in [0.1, 0.15) is 6.10 Å². The van der Waals surface area contributed by atoms with Crippen molar-refractivity contribution in [2.24, 2.45) is 0 Å². The molecule has 0 aliphatic carbocycles. The van der Waals surface area contributed by atoms with Gasteiger partial charge >= 0.3 is 0 Å². The van der Waals surface area contributed by atoms with Crippen molar-refractivity contribution in [1.29, 1.82) is 0 Å². The van der Waals surface area contributed by atoms with Gasteiger partial charge in [-0.25, -0.2) is 0 Å². The Kier molecular flexibility index (Phi) is 3.96. The van der Waals surface area contributed by atoms with E-state index in [4.69, 9.17) is 5.11 Å². The average molecular weight is 133 g/mol. The maximum atomic E-state index is 9.73. The van der Waals surface area contributed by atoms with E-state index >= 15 is 0 Å². The highest BCUT2D eigenvalue weighted by atomic mass is 16.6. The minimum atomic E-state index is -0.759. The van der Waals surface area contributed by atoms with E-state index in [-0.39, 0.29) is 6.54 Å². The molecule has 0 aliphatic rings. The van der Waals surface area contributed by atoms with Crippen LogP contribution in [0.15, 0.2) is 0 Å². The molecule has 0 aliphatic heterocycles. The first-order valence-corrected chi connectivity index (χ1v) is 2.96.